The van der Waals surface area contributed by atoms with Crippen LogP contribution in [0.5, 0.6) is 5.75 Å². The molecule has 1 atom stereocenters. The second-order valence-electron chi connectivity index (χ2n) is 5.32. The number of benzene rings is 1. The lowest BCUT2D eigenvalue weighted by molar-refractivity contribution is -0.274. The van der Waals surface area contributed by atoms with Crippen molar-refractivity contribution in [1.29, 1.82) is 0 Å². The van der Waals surface area contributed by atoms with Crippen LogP contribution in [-0.4, -0.2) is 42.3 Å². The number of rotatable bonds is 4. The SMILES string of the molecule is O=C(Nc1ccccc1OC(F)(F)F)C1CC(=O)N(CC(F)(F)F)C1. The number of carbonyl (C=O) groups is 2. The molecule has 1 aromatic rings. The molecule has 0 radical (unpaired) electrons. The maximum Gasteiger partial charge on any atom is 0.573 e. The Morgan fingerprint density at radius 3 is 2.44 bits per heavy atom. The van der Waals surface area contributed by atoms with Crippen LogP contribution in [-0.2, 0) is 9.59 Å². The zero-order valence-corrected chi connectivity index (χ0v) is 12.4. The summed E-state index contributed by atoms with van der Waals surface area (Å²) in [5, 5.41) is 2.15. The summed E-state index contributed by atoms with van der Waals surface area (Å²) in [6, 6.07) is 4.71. The molecule has 1 saturated heterocycles. The van der Waals surface area contributed by atoms with Crippen molar-refractivity contribution in [3.05, 3.63) is 24.3 Å². The van der Waals surface area contributed by atoms with Crippen molar-refractivity contribution in [3.63, 3.8) is 0 Å². The minimum absolute atomic E-state index is 0.299. The van der Waals surface area contributed by atoms with Crippen LogP contribution < -0.4 is 10.1 Å². The summed E-state index contributed by atoms with van der Waals surface area (Å²) in [7, 11) is 0. The zero-order valence-electron chi connectivity index (χ0n) is 12.4. The monoisotopic (exact) mass is 370 g/mol. The van der Waals surface area contributed by atoms with Gasteiger partial charge in [0.15, 0.2) is 5.75 Å². The fourth-order valence-electron chi connectivity index (χ4n) is 2.34. The summed E-state index contributed by atoms with van der Waals surface area (Å²) in [5.74, 6) is -3.48. The summed E-state index contributed by atoms with van der Waals surface area (Å²) in [6.45, 7) is -1.95. The standard InChI is InChI=1S/C14H12F6N2O3/c15-13(16,17)7-22-6-8(5-11(22)23)12(24)21-9-3-1-2-4-10(9)25-14(18,19)20/h1-4,8H,5-7H2,(H,21,24). The van der Waals surface area contributed by atoms with Crippen LogP contribution in [0.1, 0.15) is 6.42 Å². The molecule has 5 nitrogen and oxygen atoms in total. The van der Waals surface area contributed by atoms with Crippen molar-refractivity contribution in [2.24, 2.45) is 5.92 Å². The van der Waals surface area contributed by atoms with Crippen molar-refractivity contribution in [2.45, 2.75) is 19.0 Å². The topological polar surface area (TPSA) is 58.6 Å². The molecule has 1 unspecified atom stereocenters. The molecule has 1 heterocycles. The summed E-state index contributed by atoms with van der Waals surface area (Å²) in [6.07, 6.45) is -10.0. The Morgan fingerprint density at radius 2 is 1.84 bits per heavy atom. The molecule has 0 bridgehead atoms. The number of alkyl halides is 6. The van der Waals surface area contributed by atoms with E-state index in [1.807, 2.05) is 0 Å². The predicted molar refractivity (Wildman–Crippen MR) is 72.5 cm³/mol. The van der Waals surface area contributed by atoms with Crippen LogP contribution in [0.3, 0.4) is 0 Å². The summed E-state index contributed by atoms with van der Waals surface area (Å²) >= 11 is 0. The average Bonchev–Trinajstić information content (AvgIpc) is 2.79. The highest BCUT2D eigenvalue weighted by Crippen LogP contribution is 2.31. The molecule has 0 spiro atoms. The van der Waals surface area contributed by atoms with E-state index >= 15 is 0 Å². The maximum absolute atomic E-state index is 12.3. The van der Waals surface area contributed by atoms with Gasteiger partial charge in [0.1, 0.15) is 6.54 Å². The first-order valence-corrected chi connectivity index (χ1v) is 6.95. The number of carbonyl (C=O) groups excluding carboxylic acids is 2. The number of para-hydroxylation sites is 2. The van der Waals surface area contributed by atoms with Crippen molar-refractivity contribution in [1.82, 2.24) is 4.90 Å². The van der Waals surface area contributed by atoms with Gasteiger partial charge in [-0.2, -0.15) is 13.2 Å². The van der Waals surface area contributed by atoms with Crippen molar-refractivity contribution >= 4 is 17.5 Å². The van der Waals surface area contributed by atoms with Crippen LogP contribution in [0.2, 0.25) is 0 Å². The second kappa shape index (κ2) is 6.81. The predicted octanol–water partition coefficient (Wildman–Crippen LogP) is 2.93. The molecule has 1 aliphatic heterocycles. The number of anilines is 1. The van der Waals surface area contributed by atoms with Gasteiger partial charge in [-0.3, -0.25) is 9.59 Å². The first-order chi connectivity index (χ1) is 11.4. The number of likely N-dealkylation sites (tertiary alicyclic amines) is 1. The molecule has 11 heteroatoms. The third-order valence-electron chi connectivity index (χ3n) is 3.33. The van der Waals surface area contributed by atoms with Crippen LogP contribution >= 0.6 is 0 Å². The number of ether oxygens (including phenoxy) is 1. The highest BCUT2D eigenvalue weighted by Gasteiger charge is 2.41. The Kier molecular flexibility index (Phi) is 5.14. The quantitative estimate of drug-likeness (QED) is 0.830. The fraction of sp³-hybridized carbons (Fsp3) is 0.429. The third kappa shape index (κ3) is 5.54. The van der Waals surface area contributed by atoms with Gasteiger partial charge in [0.25, 0.3) is 0 Å². The normalized spacial score (nSPS) is 18.4. The fourth-order valence-corrected chi connectivity index (χ4v) is 2.34. The molecule has 138 valence electrons. The minimum Gasteiger partial charge on any atom is -0.404 e. The lowest BCUT2D eigenvalue weighted by Crippen LogP contribution is -2.36. The molecule has 1 N–H and O–H groups in total. The first kappa shape index (κ1) is 18.9. The number of halogens is 6. The van der Waals surface area contributed by atoms with Crippen molar-refractivity contribution in [2.75, 3.05) is 18.4 Å². The van der Waals surface area contributed by atoms with E-state index in [1.165, 1.54) is 12.1 Å². The Balaban J connectivity index is 2.05. The van der Waals surface area contributed by atoms with E-state index < -0.39 is 55.5 Å². The average molecular weight is 370 g/mol. The highest BCUT2D eigenvalue weighted by atomic mass is 19.4. The first-order valence-electron chi connectivity index (χ1n) is 6.95. The van der Waals surface area contributed by atoms with Gasteiger partial charge in [-0.15, -0.1) is 13.2 Å². The molecule has 25 heavy (non-hydrogen) atoms. The molecular formula is C14H12F6N2O3. The maximum atomic E-state index is 12.3. The molecule has 1 aliphatic rings. The van der Waals surface area contributed by atoms with Crippen molar-refractivity contribution in [3.8, 4) is 5.75 Å². The Bertz CT molecular complexity index is 659. The second-order valence-corrected chi connectivity index (χ2v) is 5.32. The number of hydrogen-bond acceptors (Lipinski definition) is 3. The van der Waals surface area contributed by atoms with Gasteiger partial charge in [0, 0.05) is 13.0 Å². The van der Waals surface area contributed by atoms with Crippen LogP contribution in [0.25, 0.3) is 0 Å². The molecule has 2 rings (SSSR count). The van der Waals surface area contributed by atoms with Gasteiger partial charge in [-0.25, -0.2) is 0 Å². The molecule has 0 saturated carbocycles. The molecule has 2 amide bonds. The molecule has 1 fully saturated rings. The van der Waals surface area contributed by atoms with Crippen LogP contribution in [0.15, 0.2) is 24.3 Å². The zero-order chi connectivity index (χ0) is 18.8. The van der Waals surface area contributed by atoms with Crippen LogP contribution in [0, 0.1) is 5.92 Å². The van der Waals surface area contributed by atoms with E-state index in [2.05, 4.69) is 10.1 Å². The van der Waals surface area contributed by atoms with E-state index in [9.17, 15) is 35.9 Å². The molecule has 0 aromatic heterocycles. The summed E-state index contributed by atoms with van der Waals surface area (Å²) < 4.78 is 77.8. The van der Waals surface area contributed by atoms with E-state index in [1.54, 1.807) is 0 Å². The number of hydrogen-bond donors (Lipinski definition) is 1. The lowest BCUT2D eigenvalue weighted by Gasteiger charge is -2.18. The van der Waals surface area contributed by atoms with Gasteiger partial charge in [0.05, 0.1) is 11.6 Å². The van der Waals surface area contributed by atoms with Gasteiger partial charge in [0.2, 0.25) is 11.8 Å². The molecule has 1 aromatic carbocycles. The van der Waals surface area contributed by atoms with E-state index in [0.717, 1.165) is 12.1 Å². The van der Waals surface area contributed by atoms with Gasteiger partial charge in [-0.1, -0.05) is 12.1 Å². The summed E-state index contributed by atoms with van der Waals surface area (Å²) in [5.41, 5.74) is -0.299. The third-order valence-corrected chi connectivity index (χ3v) is 3.33. The Hall–Kier alpha value is -2.46. The molecular weight excluding hydrogens is 358 g/mol. The van der Waals surface area contributed by atoms with Gasteiger partial charge >= 0.3 is 12.5 Å². The smallest absolute Gasteiger partial charge is 0.404 e. The Morgan fingerprint density at radius 1 is 1.20 bits per heavy atom. The molecule has 0 aliphatic carbocycles. The minimum atomic E-state index is -4.98. The van der Waals surface area contributed by atoms with E-state index in [4.69, 9.17) is 0 Å². The van der Waals surface area contributed by atoms with Crippen molar-refractivity contribution < 1.29 is 40.7 Å². The van der Waals surface area contributed by atoms with Crippen LogP contribution in [0.4, 0.5) is 32.0 Å². The lowest BCUT2D eigenvalue weighted by atomic mass is 10.1. The number of amides is 2. The summed E-state index contributed by atoms with van der Waals surface area (Å²) in [4.78, 5) is 24.1. The van der Waals surface area contributed by atoms with E-state index in [0.29, 0.717) is 4.90 Å². The highest BCUT2D eigenvalue weighted by molar-refractivity contribution is 5.98. The number of nitrogens with zero attached hydrogens (tertiary/aromatic N) is 1. The van der Waals surface area contributed by atoms with Gasteiger partial charge < -0.3 is 15.0 Å². The van der Waals surface area contributed by atoms with Gasteiger partial charge in [-0.05, 0) is 12.1 Å². The largest absolute Gasteiger partial charge is 0.573 e. The van der Waals surface area contributed by atoms with E-state index in [-0.39, 0.29) is 5.69 Å². The Labute approximate surface area is 137 Å². The number of nitrogens with one attached hydrogen (secondary N) is 1.